The second-order valence-corrected chi connectivity index (χ2v) is 9.19. The van der Waals surface area contributed by atoms with Crippen LogP contribution in [0, 0.1) is 0 Å². The molecular formula is C27H34O7. The van der Waals surface area contributed by atoms with Crippen LogP contribution < -0.4 is 4.74 Å². The first-order valence-electron chi connectivity index (χ1n) is 11.8. The lowest BCUT2D eigenvalue weighted by atomic mass is 10.0. The fourth-order valence-corrected chi connectivity index (χ4v) is 4.50. The summed E-state index contributed by atoms with van der Waals surface area (Å²) in [5.41, 5.74) is 2.07. The van der Waals surface area contributed by atoms with E-state index in [0.717, 1.165) is 23.2 Å². The van der Waals surface area contributed by atoms with Gasteiger partial charge in [0.15, 0.2) is 5.79 Å². The Bertz CT molecular complexity index is 899. The van der Waals surface area contributed by atoms with Crippen LogP contribution in [0.1, 0.15) is 37.8 Å². The van der Waals surface area contributed by atoms with Gasteiger partial charge in [-0.3, -0.25) is 0 Å². The monoisotopic (exact) mass is 470 g/mol. The van der Waals surface area contributed by atoms with Crippen molar-refractivity contribution in [2.45, 2.75) is 76.2 Å². The zero-order valence-electron chi connectivity index (χ0n) is 20.1. The van der Waals surface area contributed by atoms with Crippen LogP contribution in [0.5, 0.6) is 5.75 Å². The molecule has 0 aromatic heterocycles. The molecule has 0 aliphatic carbocycles. The lowest BCUT2D eigenvalue weighted by Crippen LogP contribution is -2.39. The van der Waals surface area contributed by atoms with Gasteiger partial charge < -0.3 is 33.2 Å². The molecule has 0 amide bonds. The molecule has 7 heteroatoms. The number of hydrogen-bond acceptors (Lipinski definition) is 7. The predicted octanol–water partition coefficient (Wildman–Crippen LogP) is 4.06. The first-order valence-corrected chi connectivity index (χ1v) is 11.8. The van der Waals surface area contributed by atoms with Gasteiger partial charge in [-0.1, -0.05) is 42.5 Å². The van der Waals surface area contributed by atoms with Gasteiger partial charge in [-0.05, 0) is 37.1 Å². The predicted molar refractivity (Wildman–Crippen MR) is 125 cm³/mol. The third-order valence-corrected chi connectivity index (χ3v) is 6.18. The molecule has 0 unspecified atom stereocenters. The molecule has 0 N–H and O–H groups in total. The maximum atomic E-state index is 11.4. The van der Waals surface area contributed by atoms with E-state index in [1.54, 1.807) is 7.11 Å². The molecule has 2 fully saturated rings. The Hall–Kier alpha value is -2.29. The van der Waals surface area contributed by atoms with Gasteiger partial charge in [0.1, 0.15) is 24.2 Å². The molecule has 2 aromatic rings. The fraction of sp³-hybridized carbons (Fsp3) is 0.519. The van der Waals surface area contributed by atoms with Crippen LogP contribution in [-0.2, 0) is 41.7 Å². The Labute approximate surface area is 201 Å². The van der Waals surface area contributed by atoms with E-state index in [2.05, 4.69) is 0 Å². The van der Waals surface area contributed by atoms with Crippen molar-refractivity contribution >= 4 is 6.29 Å². The summed E-state index contributed by atoms with van der Waals surface area (Å²) < 4.78 is 36.1. The van der Waals surface area contributed by atoms with Gasteiger partial charge in [0.25, 0.3) is 0 Å². The first kappa shape index (κ1) is 24.8. The number of rotatable bonds is 11. The molecule has 4 rings (SSSR count). The molecule has 34 heavy (non-hydrogen) atoms. The highest BCUT2D eigenvalue weighted by molar-refractivity contribution is 5.50. The first-order chi connectivity index (χ1) is 16.5. The number of methoxy groups -OCH3 is 1. The molecule has 0 saturated carbocycles. The van der Waals surface area contributed by atoms with E-state index < -0.39 is 18.0 Å². The van der Waals surface area contributed by atoms with E-state index in [9.17, 15) is 4.79 Å². The molecule has 7 nitrogen and oxygen atoms in total. The number of carbonyl (C=O) groups excluding carboxylic acids is 1. The van der Waals surface area contributed by atoms with Gasteiger partial charge in [0.2, 0.25) is 0 Å². The second kappa shape index (κ2) is 11.4. The average Bonchev–Trinajstić information content (AvgIpc) is 3.35. The Morgan fingerprint density at radius 2 is 1.59 bits per heavy atom. The number of benzene rings is 2. The van der Waals surface area contributed by atoms with Crippen molar-refractivity contribution in [3.05, 3.63) is 65.7 Å². The van der Waals surface area contributed by atoms with Crippen LogP contribution in [-0.4, -0.2) is 56.3 Å². The summed E-state index contributed by atoms with van der Waals surface area (Å²) in [7, 11) is 1.64. The van der Waals surface area contributed by atoms with E-state index in [4.69, 9.17) is 28.4 Å². The highest BCUT2D eigenvalue weighted by Gasteiger charge is 2.48. The topological polar surface area (TPSA) is 72.5 Å². The summed E-state index contributed by atoms with van der Waals surface area (Å²) >= 11 is 0. The summed E-state index contributed by atoms with van der Waals surface area (Å²) in [6.07, 6.45) is 0.188. The van der Waals surface area contributed by atoms with Crippen LogP contribution in [0.4, 0.5) is 0 Å². The summed E-state index contributed by atoms with van der Waals surface area (Å²) in [5, 5.41) is 0. The molecule has 0 bridgehead atoms. The van der Waals surface area contributed by atoms with Crippen molar-refractivity contribution < 1.29 is 33.2 Å². The lowest BCUT2D eigenvalue weighted by Gasteiger charge is -2.26. The standard InChI is InChI=1S/C27H34O7/c1-27(2)32-18-22(34-27)15-24-26(31-16-19-7-5-4-6-8-19)25(23(33-24)13-14-28)30-17-20-9-11-21(29-3)12-10-20/h4-12,14,22-26H,13,15-18H2,1-3H3/t22-,23+,24-,25+,26+/m1/s1. The highest BCUT2D eigenvalue weighted by atomic mass is 16.7. The Balaban J connectivity index is 1.49. The third-order valence-electron chi connectivity index (χ3n) is 6.18. The van der Waals surface area contributed by atoms with Gasteiger partial charge in [0.05, 0.1) is 45.2 Å². The molecule has 2 heterocycles. The number of ether oxygens (including phenoxy) is 6. The molecular weight excluding hydrogens is 436 g/mol. The summed E-state index contributed by atoms with van der Waals surface area (Å²) in [4.78, 5) is 11.4. The van der Waals surface area contributed by atoms with E-state index in [1.807, 2.05) is 68.4 Å². The average molecular weight is 471 g/mol. The summed E-state index contributed by atoms with van der Waals surface area (Å²) in [5.74, 6) is 0.175. The SMILES string of the molecule is COc1ccc(CO[C@@H]2[C@@H](OCc3ccccc3)[C@@H](C[C@@H]3COC(C)(C)O3)O[C@H]2CC=O)cc1. The van der Waals surface area contributed by atoms with Gasteiger partial charge in [0, 0.05) is 12.8 Å². The normalized spacial score (nSPS) is 28.1. The number of hydrogen-bond donors (Lipinski definition) is 0. The third kappa shape index (κ3) is 6.43. The van der Waals surface area contributed by atoms with Crippen LogP contribution in [0.3, 0.4) is 0 Å². The molecule has 184 valence electrons. The summed E-state index contributed by atoms with van der Waals surface area (Å²) in [6.45, 7) is 5.11. The van der Waals surface area contributed by atoms with E-state index in [-0.39, 0.29) is 24.7 Å². The molecule has 2 aliphatic heterocycles. The molecule has 0 spiro atoms. The van der Waals surface area contributed by atoms with Crippen molar-refractivity contribution in [3.63, 3.8) is 0 Å². The Morgan fingerprint density at radius 1 is 0.941 bits per heavy atom. The van der Waals surface area contributed by atoms with Crippen molar-refractivity contribution in [1.29, 1.82) is 0 Å². The van der Waals surface area contributed by atoms with Crippen molar-refractivity contribution in [3.8, 4) is 5.75 Å². The highest BCUT2D eigenvalue weighted by Crippen LogP contribution is 2.35. The van der Waals surface area contributed by atoms with Crippen molar-refractivity contribution in [1.82, 2.24) is 0 Å². The maximum absolute atomic E-state index is 11.4. The van der Waals surface area contributed by atoms with Crippen molar-refractivity contribution in [2.24, 2.45) is 0 Å². The molecule has 2 aromatic carbocycles. The summed E-state index contributed by atoms with van der Waals surface area (Å²) in [6, 6.07) is 17.7. The van der Waals surface area contributed by atoms with Crippen LogP contribution in [0.2, 0.25) is 0 Å². The Morgan fingerprint density at radius 3 is 2.18 bits per heavy atom. The largest absolute Gasteiger partial charge is 0.497 e. The Kier molecular flexibility index (Phi) is 8.34. The van der Waals surface area contributed by atoms with Gasteiger partial charge >= 0.3 is 0 Å². The smallest absolute Gasteiger partial charge is 0.163 e. The number of carbonyl (C=O) groups is 1. The minimum absolute atomic E-state index is 0.111. The van der Waals surface area contributed by atoms with E-state index in [0.29, 0.717) is 26.2 Å². The lowest BCUT2D eigenvalue weighted by molar-refractivity contribution is -0.145. The molecule has 5 atom stereocenters. The van der Waals surface area contributed by atoms with E-state index in [1.165, 1.54) is 0 Å². The molecule has 0 radical (unpaired) electrons. The minimum Gasteiger partial charge on any atom is -0.497 e. The van der Waals surface area contributed by atoms with Crippen LogP contribution in [0.25, 0.3) is 0 Å². The zero-order valence-corrected chi connectivity index (χ0v) is 20.1. The molecule has 2 aliphatic rings. The van der Waals surface area contributed by atoms with E-state index >= 15 is 0 Å². The van der Waals surface area contributed by atoms with Crippen LogP contribution >= 0.6 is 0 Å². The number of aldehydes is 1. The van der Waals surface area contributed by atoms with Gasteiger partial charge in [-0.25, -0.2) is 0 Å². The fourth-order valence-electron chi connectivity index (χ4n) is 4.50. The maximum Gasteiger partial charge on any atom is 0.163 e. The zero-order chi connectivity index (χ0) is 24.0. The van der Waals surface area contributed by atoms with Crippen LogP contribution in [0.15, 0.2) is 54.6 Å². The quantitative estimate of drug-likeness (QED) is 0.459. The minimum atomic E-state index is -0.615. The molecule has 2 saturated heterocycles. The second-order valence-electron chi connectivity index (χ2n) is 9.19. The van der Waals surface area contributed by atoms with Gasteiger partial charge in [-0.2, -0.15) is 0 Å². The van der Waals surface area contributed by atoms with Crippen molar-refractivity contribution in [2.75, 3.05) is 13.7 Å². The van der Waals surface area contributed by atoms with Gasteiger partial charge in [-0.15, -0.1) is 0 Å².